The minimum absolute atomic E-state index is 0.0403. The Morgan fingerprint density at radius 3 is 2.41 bits per heavy atom. The van der Waals surface area contributed by atoms with E-state index < -0.39 is 17.0 Å². The van der Waals surface area contributed by atoms with Crippen molar-refractivity contribution in [2.45, 2.75) is 85.3 Å². The van der Waals surface area contributed by atoms with Crippen LogP contribution in [0.15, 0.2) is 42.7 Å². The molecule has 0 spiro atoms. The van der Waals surface area contributed by atoms with Crippen molar-refractivity contribution in [1.82, 2.24) is 14.8 Å². The van der Waals surface area contributed by atoms with Gasteiger partial charge >= 0.3 is 5.97 Å². The molecule has 1 aliphatic rings. The topological polar surface area (TPSA) is 57.0 Å². The zero-order valence-corrected chi connectivity index (χ0v) is 22.1. The zero-order chi connectivity index (χ0) is 26.4. The van der Waals surface area contributed by atoms with Crippen molar-refractivity contribution in [2.75, 3.05) is 0 Å². The number of carbonyl (C=O) groups is 1. The van der Waals surface area contributed by atoms with E-state index in [2.05, 4.69) is 10.1 Å². The number of rotatable bonds is 9. The summed E-state index contributed by atoms with van der Waals surface area (Å²) in [5.41, 5.74) is 1.42. The first-order valence-electron chi connectivity index (χ1n) is 13.4. The molecule has 5 nitrogen and oxygen atoms in total. The fourth-order valence-corrected chi connectivity index (χ4v) is 4.89. The van der Waals surface area contributed by atoms with E-state index in [1.54, 1.807) is 32.9 Å². The lowest BCUT2D eigenvalue weighted by molar-refractivity contribution is -0.157. The summed E-state index contributed by atoms with van der Waals surface area (Å²) in [6.07, 6.45) is 11.5. The normalized spacial score (nSPS) is 14.6. The summed E-state index contributed by atoms with van der Waals surface area (Å²) < 4.78 is 36.6. The lowest BCUT2D eigenvalue weighted by atomic mass is 9.85. The van der Waals surface area contributed by atoms with Gasteiger partial charge in [0.2, 0.25) is 0 Å². The number of benzene rings is 2. The number of unbranched alkanes of at least 4 members (excludes halogenated alkanes) is 1. The summed E-state index contributed by atoms with van der Waals surface area (Å²) in [5.74, 6) is -0.104. The highest BCUT2D eigenvalue weighted by atomic mass is 19.1. The molecule has 0 bridgehead atoms. The van der Waals surface area contributed by atoms with E-state index in [-0.39, 0.29) is 18.3 Å². The Labute approximate surface area is 218 Å². The number of hydrogen-bond donors (Lipinski definition) is 0. The molecule has 0 atom stereocenters. The third kappa shape index (κ3) is 7.24. The molecule has 4 rings (SSSR count). The van der Waals surface area contributed by atoms with Gasteiger partial charge in [-0.3, -0.25) is 4.79 Å². The van der Waals surface area contributed by atoms with E-state index in [1.165, 1.54) is 55.2 Å². The highest BCUT2D eigenvalue weighted by Gasteiger charge is 2.23. The van der Waals surface area contributed by atoms with Gasteiger partial charge in [0.1, 0.15) is 18.0 Å². The van der Waals surface area contributed by atoms with Crippen molar-refractivity contribution in [1.29, 1.82) is 0 Å². The molecule has 1 saturated carbocycles. The van der Waals surface area contributed by atoms with Crippen molar-refractivity contribution in [2.24, 2.45) is 11.3 Å². The Balaban J connectivity index is 1.40. The maximum Gasteiger partial charge on any atom is 0.313 e. The van der Waals surface area contributed by atoms with Crippen LogP contribution < -0.4 is 0 Å². The van der Waals surface area contributed by atoms with Crippen LogP contribution in [-0.2, 0) is 22.7 Å². The molecule has 1 aromatic heterocycles. The third-order valence-corrected chi connectivity index (χ3v) is 7.09. The van der Waals surface area contributed by atoms with Gasteiger partial charge in [-0.1, -0.05) is 63.1 Å². The molecule has 3 aromatic rings. The number of esters is 1. The lowest BCUT2D eigenvalue weighted by Gasteiger charge is -2.21. The van der Waals surface area contributed by atoms with Gasteiger partial charge in [0.05, 0.1) is 5.41 Å². The smallest absolute Gasteiger partial charge is 0.313 e. The molecule has 0 amide bonds. The van der Waals surface area contributed by atoms with E-state index in [0.717, 1.165) is 25.2 Å². The quantitative estimate of drug-likeness (QED) is 0.219. The monoisotopic (exact) mass is 509 g/mol. The average molecular weight is 510 g/mol. The summed E-state index contributed by atoms with van der Waals surface area (Å²) >= 11 is 0. The van der Waals surface area contributed by atoms with Gasteiger partial charge in [0.15, 0.2) is 12.6 Å². The molecular weight excluding hydrogens is 472 g/mol. The molecule has 0 unspecified atom stereocenters. The minimum Gasteiger partial charge on any atom is -0.442 e. The Morgan fingerprint density at radius 2 is 1.70 bits per heavy atom. The van der Waals surface area contributed by atoms with Crippen LogP contribution in [0.4, 0.5) is 8.78 Å². The highest BCUT2D eigenvalue weighted by Crippen LogP contribution is 2.30. The Hall–Kier alpha value is -3.09. The molecular formula is C30H37F2N3O2. The highest BCUT2D eigenvalue weighted by molar-refractivity contribution is 5.75. The largest absolute Gasteiger partial charge is 0.442 e. The molecule has 198 valence electrons. The number of carbonyl (C=O) groups excluding carboxylic acids is 1. The van der Waals surface area contributed by atoms with E-state index in [0.29, 0.717) is 28.9 Å². The van der Waals surface area contributed by atoms with E-state index in [1.807, 2.05) is 12.1 Å². The van der Waals surface area contributed by atoms with Crippen LogP contribution in [-0.4, -0.2) is 20.7 Å². The van der Waals surface area contributed by atoms with E-state index >= 15 is 0 Å². The van der Waals surface area contributed by atoms with Gasteiger partial charge in [-0.05, 0) is 68.9 Å². The molecule has 0 radical (unpaired) electrons. The predicted molar refractivity (Wildman–Crippen MR) is 140 cm³/mol. The molecule has 7 heteroatoms. The maximum absolute atomic E-state index is 14.9. The SMILES string of the molecule is CC(C)(C)C(=O)OCn1cnc(-c2cccc(-c3cc(F)c(CCCCC4CCCCC4)c(F)c3)c2)n1. The maximum atomic E-state index is 14.9. The van der Waals surface area contributed by atoms with Crippen LogP contribution in [0.5, 0.6) is 0 Å². The van der Waals surface area contributed by atoms with Gasteiger partial charge in [0.25, 0.3) is 0 Å². The molecule has 1 fully saturated rings. The first-order valence-corrected chi connectivity index (χ1v) is 13.4. The Morgan fingerprint density at radius 1 is 1.00 bits per heavy atom. The van der Waals surface area contributed by atoms with Gasteiger partial charge < -0.3 is 4.74 Å². The number of aromatic nitrogens is 3. The van der Waals surface area contributed by atoms with Crippen molar-refractivity contribution in [3.8, 4) is 22.5 Å². The van der Waals surface area contributed by atoms with Crippen LogP contribution in [0.1, 0.15) is 77.7 Å². The molecule has 1 heterocycles. The Bertz CT molecular complexity index is 1190. The second-order valence-corrected chi connectivity index (χ2v) is 11.2. The first-order chi connectivity index (χ1) is 17.7. The number of halogens is 2. The van der Waals surface area contributed by atoms with Crippen LogP contribution in [0.2, 0.25) is 0 Å². The molecule has 0 aliphatic heterocycles. The van der Waals surface area contributed by atoms with E-state index in [4.69, 9.17) is 4.74 Å². The van der Waals surface area contributed by atoms with Crippen molar-refractivity contribution in [3.63, 3.8) is 0 Å². The summed E-state index contributed by atoms with van der Waals surface area (Å²) in [6, 6.07) is 10.1. The van der Waals surface area contributed by atoms with Gasteiger partial charge in [-0.15, -0.1) is 5.10 Å². The van der Waals surface area contributed by atoms with Crippen molar-refractivity contribution < 1.29 is 18.3 Å². The van der Waals surface area contributed by atoms with E-state index in [9.17, 15) is 13.6 Å². The first kappa shape index (κ1) is 27.0. The lowest BCUT2D eigenvalue weighted by Crippen LogP contribution is -2.24. The number of nitrogens with zero attached hydrogens (tertiary/aromatic N) is 3. The molecule has 37 heavy (non-hydrogen) atoms. The molecule has 2 aromatic carbocycles. The fraction of sp³-hybridized carbons (Fsp3) is 0.500. The third-order valence-electron chi connectivity index (χ3n) is 7.09. The second-order valence-electron chi connectivity index (χ2n) is 11.2. The molecule has 0 saturated heterocycles. The second kappa shape index (κ2) is 12.0. The van der Waals surface area contributed by atoms with Gasteiger partial charge in [-0.25, -0.2) is 18.4 Å². The minimum atomic E-state index is -0.604. The molecule has 0 N–H and O–H groups in total. The van der Waals surface area contributed by atoms with Crippen LogP contribution >= 0.6 is 0 Å². The van der Waals surface area contributed by atoms with Crippen LogP contribution in [0, 0.1) is 23.0 Å². The average Bonchev–Trinajstić information content (AvgIpc) is 3.35. The zero-order valence-electron chi connectivity index (χ0n) is 22.1. The standard InChI is InChI=1S/C30H37F2N3O2/c1-30(2,3)29(36)37-20-35-19-33-28(34-35)23-14-9-13-22(16-23)24-17-26(31)25(27(32)18-24)15-8-7-12-21-10-5-4-6-11-21/h9,13-14,16-19,21H,4-8,10-12,15,20H2,1-3H3. The van der Waals surface area contributed by atoms with Crippen LogP contribution in [0.3, 0.4) is 0 Å². The summed E-state index contributed by atoms with van der Waals surface area (Å²) in [5, 5.41) is 4.37. The Kier molecular flexibility index (Phi) is 8.72. The van der Waals surface area contributed by atoms with Gasteiger partial charge in [-0.2, -0.15) is 0 Å². The number of hydrogen-bond acceptors (Lipinski definition) is 4. The van der Waals surface area contributed by atoms with Crippen molar-refractivity contribution >= 4 is 5.97 Å². The van der Waals surface area contributed by atoms with Gasteiger partial charge in [0, 0.05) is 11.1 Å². The number of ether oxygens (including phenoxy) is 1. The fourth-order valence-electron chi connectivity index (χ4n) is 4.89. The molecule has 1 aliphatic carbocycles. The summed E-state index contributed by atoms with van der Waals surface area (Å²) in [7, 11) is 0. The summed E-state index contributed by atoms with van der Waals surface area (Å²) in [4.78, 5) is 16.3. The van der Waals surface area contributed by atoms with Crippen molar-refractivity contribution in [3.05, 3.63) is 59.9 Å². The predicted octanol–water partition coefficient (Wildman–Crippen LogP) is 7.73. The van der Waals surface area contributed by atoms with Crippen LogP contribution in [0.25, 0.3) is 22.5 Å². The summed E-state index contributed by atoms with van der Waals surface area (Å²) in [6.45, 7) is 5.30.